The number of oxazole rings is 1. The third-order valence-electron chi connectivity index (χ3n) is 3.17. The fourth-order valence-corrected chi connectivity index (χ4v) is 2.36. The number of nitriles is 1. The quantitative estimate of drug-likeness (QED) is 0.712. The van der Waals surface area contributed by atoms with Gasteiger partial charge in [0.05, 0.1) is 0 Å². The summed E-state index contributed by atoms with van der Waals surface area (Å²) in [6, 6.07) is 16.6. The van der Waals surface area contributed by atoms with E-state index in [0.29, 0.717) is 33.9 Å². The molecular weight excluding hydrogens is 333 g/mol. The molecule has 0 atom stereocenters. The first kappa shape index (κ1) is 15.4. The fourth-order valence-electron chi connectivity index (χ4n) is 2.05. The van der Waals surface area contributed by atoms with Gasteiger partial charge in [0.2, 0.25) is 17.5 Å². The maximum atomic E-state index is 9.21. The van der Waals surface area contributed by atoms with Crippen molar-refractivity contribution in [1.82, 2.24) is 4.98 Å². The van der Waals surface area contributed by atoms with Gasteiger partial charge in [0.15, 0.2) is 0 Å². The lowest BCUT2D eigenvalue weighted by Gasteiger charge is -2.03. The van der Waals surface area contributed by atoms with Gasteiger partial charge in [-0.25, -0.2) is 0 Å². The Morgan fingerprint density at radius 2 is 1.87 bits per heavy atom. The maximum Gasteiger partial charge on any atom is 0.232 e. The van der Waals surface area contributed by atoms with Gasteiger partial charge in [-0.2, -0.15) is 10.2 Å². The summed E-state index contributed by atoms with van der Waals surface area (Å²) in [5.74, 6) is 0.681. The van der Waals surface area contributed by atoms with E-state index in [1.165, 1.54) is 0 Å². The highest BCUT2D eigenvalue weighted by Gasteiger charge is 2.14. The number of anilines is 1. The minimum absolute atomic E-state index is 0.203. The van der Waals surface area contributed by atoms with Crippen molar-refractivity contribution >= 4 is 29.1 Å². The molecule has 0 radical (unpaired) electrons. The van der Waals surface area contributed by atoms with E-state index >= 15 is 0 Å². The van der Waals surface area contributed by atoms with Gasteiger partial charge in [-0.3, -0.25) is 0 Å². The van der Waals surface area contributed by atoms with Gasteiger partial charge in [-0.15, -0.1) is 0 Å². The Balaban J connectivity index is 1.82. The molecule has 1 N–H and O–H groups in total. The minimum Gasteiger partial charge on any atom is -0.419 e. The Bertz CT molecular complexity index is 866. The van der Waals surface area contributed by atoms with E-state index in [2.05, 4.69) is 10.3 Å². The molecular formula is C17H11Cl2N3O. The van der Waals surface area contributed by atoms with Crippen LogP contribution in [0.25, 0.3) is 11.5 Å². The standard InChI is InChI=1S/C17H11Cl2N3O/c18-13-6-4-11(5-7-13)10-21-17-15(9-20)22-16(23-17)12-2-1-3-14(19)8-12/h1-8,21H,10H2. The van der Waals surface area contributed by atoms with Crippen LogP contribution in [0.4, 0.5) is 5.88 Å². The fraction of sp³-hybridized carbons (Fsp3) is 0.0588. The molecule has 0 aliphatic heterocycles. The summed E-state index contributed by atoms with van der Waals surface area (Å²) in [5, 5.41) is 13.5. The molecule has 0 aliphatic rings. The summed E-state index contributed by atoms with van der Waals surface area (Å²) in [7, 11) is 0. The van der Waals surface area contributed by atoms with Gasteiger partial charge in [-0.1, -0.05) is 41.4 Å². The summed E-state index contributed by atoms with van der Waals surface area (Å²) >= 11 is 11.8. The molecule has 3 aromatic rings. The molecule has 23 heavy (non-hydrogen) atoms. The van der Waals surface area contributed by atoms with Crippen LogP contribution in [0.1, 0.15) is 11.3 Å². The van der Waals surface area contributed by atoms with E-state index in [0.717, 1.165) is 5.56 Å². The van der Waals surface area contributed by atoms with Gasteiger partial charge < -0.3 is 9.73 Å². The summed E-state index contributed by atoms with van der Waals surface area (Å²) in [6.07, 6.45) is 0. The largest absolute Gasteiger partial charge is 0.419 e. The number of benzene rings is 2. The van der Waals surface area contributed by atoms with Crippen molar-refractivity contribution in [3.8, 4) is 17.5 Å². The lowest BCUT2D eigenvalue weighted by Crippen LogP contribution is -1.99. The smallest absolute Gasteiger partial charge is 0.232 e. The van der Waals surface area contributed by atoms with Crippen molar-refractivity contribution in [2.45, 2.75) is 6.54 Å². The van der Waals surface area contributed by atoms with Gasteiger partial charge in [-0.05, 0) is 35.9 Å². The maximum absolute atomic E-state index is 9.21. The highest BCUT2D eigenvalue weighted by atomic mass is 35.5. The second-order valence-corrected chi connectivity index (χ2v) is 5.67. The van der Waals surface area contributed by atoms with Crippen LogP contribution >= 0.6 is 23.2 Å². The van der Waals surface area contributed by atoms with Crippen LogP contribution in [-0.2, 0) is 6.54 Å². The normalized spacial score (nSPS) is 10.3. The Kier molecular flexibility index (Phi) is 4.52. The molecule has 0 spiro atoms. The molecule has 0 fully saturated rings. The Hall–Kier alpha value is -2.48. The zero-order valence-electron chi connectivity index (χ0n) is 11.9. The Labute approximate surface area is 143 Å². The van der Waals surface area contributed by atoms with Crippen molar-refractivity contribution in [2.75, 3.05) is 5.32 Å². The number of hydrogen-bond acceptors (Lipinski definition) is 4. The van der Waals surface area contributed by atoms with Gasteiger partial charge in [0.1, 0.15) is 6.07 Å². The molecule has 4 nitrogen and oxygen atoms in total. The molecule has 0 aliphatic carbocycles. The molecule has 0 amide bonds. The van der Waals surface area contributed by atoms with Crippen LogP contribution < -0.4 is 5.32 Å². The van der Waals surface area contributed by atoms with E-state index in [9.17, 15) is 5.26 Å². The van der Waals surface area contributed by atoms with E-state index in [4.69, 9.17) is 27.6 Å². The van der Waals surface area contributed by atoms with Crippen molar-refractivity contribution in [2.24, 2.45) is 0 Å². The first-order chi connectivity index (χ1) is 11.2. The molecule has 2 aromatic carbocycles. The minimum atomic E-state index is 0.203. The molecule has 0 saturated heterocycles. The van der Waals surface area contributed by atoms with Gasteiger partial charge >= 0.3 is 0 Å². The van der Waals surface area contributed by atoms with Crippen LogP contribution in [-0.4, -0.2) is 4.98 Å². The highest BCUT2D eigenvalue weighted by Crippen LogP contribution is 2.27. The Morgan fingerprint density at radius 1 is 1.09 bits per heavy atom. The van der Waals surface area contributed by atoms with E-state index in [-0.39, 0.29) is 5.69 Å². The lowest BCUT2D eigenvalue weighted by atomic mass is 10.2. The third kappa shape index (κ3) is 3.65. The topological polar surface area (TPSA) is 61.9 Å². The summed E-state index contributed by atoms with van der Waals surface area (Å²) in [4.78, 5) is 4.20. The molecule has 6 heteroatoms. The van der Waals surface area contributed by atoms with Gasteiger partial charge in [0, 0.05) is 22.2 Å². The number of rotatable bonds is 4. The van der Waals surface area contributed by atoms with Crippen LogP contribution in [0.2, 0.25) is 10.0 Å². The summed E-state index contributed by atoms with van der Waals surface area (Å²) in [5.41, 5.74) is 1.93. The number of halogens is 2. The number of nitrogens with one attached hydrogen (secondary N) is 1. The number of nitrogens with zero attached hydrogens (tertiary/aromatic N) is 2. The van der Waals surface area contributed by atoms with E-state index in [1.807, 2.05) is 36.4 Å². The predicted octanol–water partition coefficient (Wildman–Crippen LogP) is 5.13. The monoisotopic (exact) mass is 343 g/mol. The SMILES string of the molecule is N#Cc1nc(-c2cccc(Cl)c2)oc1NCc1ccc(Cl)cc1. The zero-order valence-corrected chi connectivity index (χ0v) is 13.4. The molecule has 114 valence electrons. The molecule has 0 unspecified atom stereocenters. The van der Waals surface area contributed by atoms with Crippen LogP contribution in [0.5, 0.6) is 0 Å². The first-order valence-corrected chi connectivity index (χ1v) is 7.56. The predicted molar refractivity (Wildman–Crippen MR) is 90.4 cm³/mol. The van der Waals surface area contributed by atoms with E-state index in [1.54, 1.807) is 18.2 Å². The van der Waals surface area contributed by atoms with Gasteiger partial charge in [0.25, 0.3) is 0 Å². The van der Waals surface area contributed by atoms with Crippen LogP contribution in [0.15, 0.2) is 52.9 Å². The number of aromatic nitrogens is 1. The number of hydrogen-bond donors (Lipinski definition) is 1. The average molecular weight is 344 g/mol. The molecule has 1 heterocycles. The summed E-state index contributed by atoms with van der Waals surface area (Å²) in [6.45, 7) is 0.496. The van der Waals surface area contributed by atoms with E-state index < -0.39 is 0 Å². The van der Waals surface area contributed by atoms with Crippen molar-refractivity contribution in [1.29, 1.82) is 5.26 Å². The van der Waals surface area contributed by atoms with Crippen molar-refractivity contribution < 1.29 is 4.42 Å². The van der Waals surface area contributed by atoms with Crippen molar-refractivity contribution in [3.05, 3.63) is 69.8 Å². The van der Waals surface area contributed by atoms with Crippen LogP contribution in [0, 0.1) is 11.3 Å². The zero-order chi connectivity index (χ0) is 16.2. The average Bonchev–Trinajstić information content (AvgIpc) is 2.98. The molecule has 3 rings (SSSR count). The second-order valence-electron chi connectivity index (χ2n) is 4.80. The second kappa shape index (κ2) is 6.74. The van der Waals surface area contributed by atoms with Crippen molar-refractivity contribution in [3.63, 3.8) is 0 Å². The molecule has 0 saturated carbocycles. The highest BCUT2D eigenvalue weighted by molar-refractivity contribution is 6.31. The Morgan fingerprint density at radius 3 is 2.57 bits per heavy atom. The lowest BCUT2D eigenvalue weighted by molar-refractivity contribution is 0.585. The van der Waals surface area contributed by atoms with Crippen LogP contribution in [0.3, 0.4) is 0 Å². The summed E-state index contributed by atoms with van der Waals surface area (Å²) < 4.78 is 5.66. The molecule has 0 bridgehead atoms. The third-order valence-corrected chi connectivity index (χ3v) is 3.66. The first-order valence-electron chi connectivity index (χ1n) is 6.81. The molecule has 1 aromatic heterocycles.